The smallest absolute Gasteiger partial charge is 0.391 e. The first-order valence-corrected chi connectivity index (χ1v) is 3.54. The minimum absolute atomic E-state index is 0.113. The van der Waals surface area contributed by atoms with Crippen LogP contribution in [0.25, 0.3) is 0 Å². The summed E-state index contributed by atoms with van der Waals surface area (Å²) in [5.74, 6) is -1.46. The van der Waals surface area contributed by atoms with E-state index in [4.69, 9.17) is 5.73 Å². The van der Waals surface area contributed by atoms with Gasteiger partial charge in [0, 0.05) is 6.07 Å². The molecule has 0 fully saturated rings. The van der Waals surface area contributed by atoms with Gasteiger partial charge in [-0.3, -0.25) is 10.1 Å². The van der Waals surface area contributed by atoms with Gasteiger partial charge < -0.3 is 5.73 Å². The zero-order valence-electron chi connectivity index (χ0n) is 7.01. The molecule has 0 unspecified atom stereocenters. The summed E-state index contributed by atoms with van der Waals surface area (Å²) in [4.78, 5) is 9.07. The van der Waals surface area contributed by atoms with Crippen LogP contribution in [-0.4, -0.2) is 4.92 Å². The summed E-state index contributed by atoms with van der Waals surface area (Å²) in [6, 6.07) is 0.306. The summed E-state index contributed by atoms with van der Waals surface area (Å²) >= 11 is 0. The number of hydrogen-bond donors (Lipinski definition) is 1. The van der Waals surface area contributed by atoms with E-state index in [1.807, 2.05) is 0 Å². The summed E-state index contributed by atoms with van der Waals surface area (Å²) in [5.41, 5.74) is 1.46. The van der Waals surface area contributed by atoms with Gasteiger partial charge in [-0.15, -0.1) is 0 Å². The third-order valence-corrected chi connectivity index (χ3v) is 1.63. The molecule has 1 aromatic rings. The van der Waals surface area contributed by atoms with Crippen LogP contribution in [0.4, 0.5) is 28.9 Å². The van der Waals surface area contributed by atoms with E-state index in [9.17, 15) is 27.7 Å². The predicted molar refractivity (Wildman–Crippen MR) is 42.5 cm³/mol. The Hall–Kier alpha value is -1.86. The molecule has 0 aromatic heterocycles. The summed E-state index contributed by atoms with van der Waals surface area (Å²) in [6.45, 7) is 0. The Kier molecular flexibility index (Phi) is 2.52. The van der Waals surface area contributed by atoms with Gasteiger partial charge in [0.2, 0.25) is 0 Å². The van der Waals surface area contributed by atoms with Crippen molar-refractivity contribution >= 4 is 11.4 Å². The first-order chi connectivity index (χ1) is 6.73. The Balaban J connectivity index is 3.43. The lowest BCUT2D eigenvalue weighted by Crippen LogP contribution is -2.08. The van der Waals surface area contributed by atoms with Crippen LogP contribution < -0.4 is 5.73 Å². The van der Waals surface area contributed by atoms with Crippen molar-refractivity contribution in [2.75, 3.05) is 5.73 Å². The van der Waals surface area contributed by atoms with E-state index in [0.717, 1.165) is 0 Å². The minimum atomic E-state index is -4.85. The van der Waals surface area contributed by atoms with E-state index < -0.39 is 33.9 Å². The fourth-order valence-corrected chi connectivity index (χ4v) is 0.918. The lowest BCUT2D eigenvalue weighted by atomic mass is 10.1. The van der Waals surface area contributed by atoms with Crippen molar-refractivity contribution < 1.29 is 22.5 Å². The molecule has 2 N–H and O–H groups in total. The second kappa shape index (κ2) is 3.37. The molecular formula is C7H4F4N2O2. The van der Waals surface area contributed by atoms with Gasteiger partial charge in [0.05, 0.1) is 10.5 Å². The number of benzene rings is 1. The average Bonchev–Trinajstić information content (AvgIpc) is 2.06. The summed E-state index contributed by atoms with van der Waals surface area (Å²) in [6.07, 6.45) is -4.85. The summed E-state index contributed by atoms with van der Waals surface area (Å²) < 4.78 is 49.1. The Labute approximate surface area is 80.5 Å². The number of halogens is 4. The van der Waals surface area contributed by atoms with Crippen LogP contribution >= 0.6 is 0 Å². The van der Waals surface area contributed by atoms with Gasteiger partial charge in [0.25, 0.3) is 5.69 Å². The van der Waals surface area contributed by atoms with Crippen molar-refractivity contribution in [1.82, 2.24) is 0 Å². The van der Waals surface area contributed by atoms with E-state index in [0.29, 0.717) is 0 Å². The molecule has 0 aliphatic carbocycles. The molecule has 0 heterocycles. The number of nitrogen functional groups attached to an aromatic ring is 1. The molecule has 0 bridgehead atoms. The number of nitro benzene ring substituents is 1. The number of nitrogens with zero attached hydrogens (tertiary/aromatic N) is 1. The van der Waals surface area contributed by atoms with Gasteiger partial charge in [-0.25, -0.2) is 4.39 Å². The SMILES string of the molecule is Nc1c(F)cc(C(F)(F)F)cc1[N+](=O)[O-]. The highest BCUT2D eigenvalue weighted by molar-refractivity contribution is 5.60. The van der Waals surface area contributed by atoms with Crippen molar-refractivity contribution in [2.24, 2.45) is 0 Å². The highest BCUT2D eigenvalue weighted by Gasteiger charge is 2.34. The molecule has 8 heteroatoms. The maximum Gasteiger partial charge on any atom is 0.416 e. The van der Waals surface area contributed by atoms with Crippen molar-refractivity contribution in [3.63, 3.8) is 0 Å². The third kappa shape index (κ3) is 2.14. The van der Waals surface area contributed by atoms with E-state index >= 15 is 0 Å². The van der Waals surface area contributed by atoms with E-state index in [1.54, 1.807) is 0 Å². The largest absolute Gasteiger partial charge is 0.416 e. The number of rotatable bonds is 1. The monoisotopic (exact) mass is 224 g/mol. The molecule has 0 aliphatic rings. The van der Waals surface area contributed by atoms with Crippen LogP contribution in [0, 0.1) is 15.9 Å². The van der Waals surface area contributed by atoms with Crippen molar-refractivity contribution in [1.29, 1.82) is 0 Å². The molecule has 0 saturated carbocycles. The first-order valence-electron chi connectivity index (χ1n) is 3.54. The third-order valence-electron chi connectivity index (χ3n) is 1.63. The van der Waals surface area contributed by atoms with E-state index in [-0.39, 0.29) is 12.1 Å². The van der Waals surface area contributed by atoms with Gasteiger partial charge in [-0.2, -0.15) is 13.2 Å². The molecule has 0 radical (unpaired) electrons. The molecule has 0 aliphatic heterocycles. The van der Waals surface area contributed by atoms with Crippen molar-refractivity contribution in [2.45, 2.75) is 6.18 Å². The van der Waals surface area contributed by atoms with Crippen LogP contribution in [0.2, 0.25) is 0 Å². The predicted octanol–water partition coefficient (Wildman–Crippen LogP) is 2.33. The van der Waals surface area contributed by atoms with Crippen LogP contribution in [-0.2, 0) is 6.18 Å². The van der Waals surface area contributed by atoms with Crippen LogP contribution in [0.15, 0.2) is 12.1 Å². The Morgan fingerprint density at radius 1 is 1.33 bits per heavy atom. The first kappa shape index (κ1) is 11.2. The lowest BCUT2D eigenvalue weighted by Gasteiger charge is -2.07. The summed E-state index contributed by atoms with van der Waals surface area (Å²) in [7, 11) is 0. The zero-order valence-corrected chi connectivity index (χ0v) is 7.01. The fraction of sp³-hybridized carbons (Fsp3) is 0.143. The zero-order chi connectivity index (χ0) is 11.8. The minimum Gasteiger partial charge on any atom is -0.391 e. The highest BCUT2D eigenvalue weighted by Crippen LogP contribution is 2.35. The Morgan fingerprint density at radius 2 is 1.87 bits per heavy atom. The number of hydrogen-bond acceptors (Lipinski definition) is 3. The Morgan fingerprint density at radius 3 is 2.27 bits per heavy atom. The lowest BCUT2D eigenvalue weighted by molar-refractivity contribution is -0.384. The van der Waals surface area contributed by atoms with Crippen LogP contribution in [0.5, 0.6) is 0 Å². The van der Waals surface area contributed by atoms with E-state index in [1.165, 1.54) is 0 Å². The maximum atomic E-state index is 12.8. The van der Waals surface area contributed by atoms with Gasteiger partial charge in [-0.1, -0.05) is 0 Å². The van der Waals surface area contributed by atoms with Crippen molar-refractivity contribution in [3.05, 3.63) is 33.6 Å². The topological polar surface area (TPSA) is 69.2 Å². The van der Waals surface area contributed by atoms with Crippen LogP contribution in [0.3, 0.4) is 0 Å². The molecule has 1 aromatic carbocycles. The average molecular weight is 224 g/mol. The number of nitro groups is 1. The molecule has 0 atom stereocenters. The van der Waals surface area contributed by atoms with Gasteiger partial charge in [0.15, 0.2) is 5.82 Å². The molecule has 0 amide bonds. The normalized spacial score (nSPS) is 11.5. The maximum absolute atomic E-state index is 12.8. The second-order valence-corrected chi connectivity index (χ2v) is 2.65. The van der Waals surface area contributed by atoms with E-state index in [2.05, 4.69) is 0 Å². The second-order valence-electron chi connectivity index (χ2n) is 2.65. The Bertz CT molecular complexity index is 416. The molecule has 0 saturated heterocycles. The molecule has 4 nitrogen and oxygen atoms in total. The fourth-order valence-electron chi connectivity index (χ4n) is 0.918. The summed E-state index contributed by atoms with van der Waals surface area (Å²) in [5, 5.41) is 10.2. The number of anilines is 1. The van der Waals surface area contributed by atoms with Gasteiger partial charge in [0.1, 0.15) is 5.69 Å². The molecule has 1 rings (SSSR count). The quantitative estimate of drug-likeness (QED) is 0.344. The highest BCUT2D eigenvalue weighted by atomic mass is 19.4. The molecule has 0 spiro atoms. The van der Waals surface area contributed by atoms with Gasteiger partial charge in [-0.05, 0) is 6.07 Å². The molecule has 15 heavy (non-hydrogen) atoms. The molecule has 82 valence electrons. The van der Waals surface area contributed by atoms with Gasteiger partial charge >= 0.3 is 6.18 Å². The van der Waals surface area contributed by atoms with Crippen molar-refractivity contribution in [3.8, 4) is 0 Å². The standard InChI is InChI=1S/C7H4F4N2O2/c8-4-1-3(7(9,10)11)2-5(6(4)12)13(14)15/h1-2H,12H2. The number of nitrogens with two attached hydrogens (primary N) is 1. The van der Waals surface area contributed by atoms with Crippen LogP contribution in [0.1, 0.15) is 5.56 Å². The number of alkyl halides is 3. The molecular weight excluding hydrogens is 220 g/mol.